The van der Waals surface area contributed by atoms with Crippen molar-refractivity contribution in [2.45, 2.75) is 58.5 Å². The minimum Gasteiger partial charge on any atom is -0.352 e. The van der Waals surface area contributed by atoms with Gasteiger partial charge in [-0.05, 0) is 50.5 Å². The van der Waals surface area contributed by atoms with Crippen LogP contribution in [0.5, 0.6) is 0 Å². The number of amides is 2. The van der Waals surface area contributed by atoms with E-state index >= 15 is 0 Å². The monoisotopic (exact) mass is 480 g/mol. The predicted molar refractivity (Wildman–Crippen MR) is 132 cm³/mol. The fourth-order valence-electron chi connectivity index (χ4n) is 3.02. The fourth-order valence-corrected chi connectivity index (χ4v) is 4.20. The second-order valence-electron chi connectivity index (χ2n) is 7.75. The number of benzene rings is 2. The third-order valence-corrected chi connectivity index (χ3v) is 6.81. The van der Waals surface area contributed by atoms with Crippen LogP contribution in [0, 0.1) is 6.92 Å². The Bertz CT molecular complexity index is 907. The number of nitrogens with one attached hydrogen (secondary N) is 1. The summed E-state index contributed by atoms with van der Waals surface area (Å²) < 4.78 is 0. The van der Waals surface area contributed by atoms with Crippen LogP contribution in [0.25, 0.3) is 0 Å². The number of carbonyl (C=O) groups is 2. The van der Waals surface area contributed by atoms with E-state index in [-0.39, 0.29) is 23.6 Å². The summed E-state index contributed by atoms with van der Waals surface area (Å²) in [5, 5.41) is 4.00. The molecule has 0 aromatic heterocycles. The number of carbonyl (C=O) groups excluding carboxylic acids is 2. The maximum atomic E-state index is 13.1. The number of halogens is 2. The zero-order valence-electron chi connectivity index (χ0n) is 18.5. The Morgan fingerprint density at radius 3 is 2.45 bits per heavy atom. The van der Waals surface area contributed by atoms with Crippen LogP contribution in [-0.2, 0) is 21.9 Å². The molecule has 0 fully saturated rings. The zero-order valence-corrected chi connectivity index (χ0v) is 20.8. The molecule has 2 aromatic rings. The molecule has 0 aliphatic heterocycles. The van der Waals surface area contributed by atoms with E-state index in [1.54, 1.807) is 17.9 Å². The summed E-state index contributed by atoms with van der Waals surface area (Å²) in [5.74, 6) is 0.699. The molecule has 0 aliphatic rings. The Morgan fingerprint density at radius 1 is 1.06 bits per heavy atom. The van der Waals surface area contributed by atoms with Gasteiger partial charge in [-0.15, -0.1) is 11.8 Å². The average molecular weight is 481 g/mol. The first-order valence-electron chi connectivity index (χ1n) is 10.4. The first-order chi connectivity index (χ1) is 14.7. The van der Waals surface area contributed by atoms with Crippen molar-refractivity contribution in [1.82, 2.24) is 10.2 Å². The summed E-state index contributed by atoms with van der Waals surface area (Å²) in [6.07, 6.45) is 0.837. The number of hydrogen-bond acceptors (Lipinski definition) is 3. The third kappa shape index (κ3) is 8.06. The lowest BCUT2D eigenvalue weighted by Gasteiger charge is -2.29. The third-order valence-electron chi connectivity index (χ3n) is 5.08. The number of rotatable bonds is 10. The summed E-state index contributed by atoms with van der Waals surface area (Å²) in [6, 6.07) is 13.0. The van der Waals surface area contributed by atoms with Crippen LogP contribution in [-0.4, -0.2) is 34.6 Å². The van der Waals surface area contributed by atoms with Crippen molar-refractivity contribution in [1.29, 1.82) is 0 Å². The molecular weight excluding hydrogens is 451 g/mol. The van der Waals surface area contributed by atoms with Gasteiger partial charge in [-0.3, -0.25) is 9.59 Å². The number of hydrogen-bond donors (Lipinski definition) is 1. The highest BCUT2D eigenvalue weighted by Crippen LogP contribution is 2.25. The van der Waals surface area contributed by atoms with E-state index in [1.807, 2.05) is 57.2 Å². The molecule has 4 nitrogen and oxygen atoms in total. The molecule has 0 saturated heterocycles. The van der Waals surface area contributed by atoms with Gasteiger partial charge in [-0.25, -0.2) is 0 Å². The van der Waals surface area contributed by atoms with Gasteiger partial charge in [0, 0.05) is 18.3 Å². The highest BCUT2D eigenvalue weighted by atomic mass is 35.5. The Balaban J connectivity index is 2.08. The SMILES string of the molecule is CCC(C)NC(=O)C(C)N(Cc1cccc(C)c1)C(=O)CSCc1ccc(Cl)c(Cl)c1. The normalized spacial score (nSPS) is 12.8. The summed E-state index contributed by atoms with van der Waals surface area (Å²) in [5.41, 5.74) is 3.13. The molecule has 1 N–H and O–H groups in total. The first-order valence-corrected chi connectivity index (χ1v) is 12.3. The van der Waals surface area contributed by atoms with Crippen molar-refractivity contribution in [3.8, 4) is 0 Å². The van der Waals surface area contributed by atoms with Crippen LogP contribution >= 0.6 is 35.0 Å². The van der Waals surface area contributed by atoms with E-state index in [9.17, 15) is 9.59 Å². The number of aryl methyl sites for hydroxylation is 1. The van der Waals surface area contributed by atoms with Gasteiger partial charge in [0.05, 0.1) is 15.8 Å². The summed E-state index contributed by atoms with van der Waals surface area (Å²) in [6.45, 7) is 8.18. The van der Waals surface area contributed by atoms with Crippen molar-refractivity contribution in [2.75, 3.05) is 5.75 Å². The second-order valence-corrected chi connectivity index (χ2v) is 9.55. The Labute approximate surface area is 199 Å². The molecule has 2 amide bonds. The minimum atomic E-state index is -0.562. The van der Waals surface area contributed by atoms with Crippen molar-refractivity contribution >= 4 is 46.8 Å². The average Bonchev–Trinajstić information content (AvgIpc) is 2.73. The molecule has 0 saturated carbocycles. The van der Waals surface area contributed by atoms with Crippen molar-refractivity contribution in [3.05, 3.63) is 69.2 Å². The van der Waals surface area contributed by atoms with Crippen LogP contribution in [0.2, 0.25) is 10.0 Å². The van der Waals surface area contributed by atoms with Gasteiger partial charge in [0.1, 0.15) is 6.04 Å². The number of thioether (sulfide) groups is 1. The molecule has 2 atom stereocenters. The second kappa shape index (κ2) is 12.4. The molecule has 0 radical (unpaired) electrons. The van der Waals surface area contributed by atoms with Gasteiger partial charge in [0.15, 0.2) is 0 Å². The molecule has 31 heavy (non-hydrogen) atoms. The molecule has 0 aliphatic carbocycles. The molecule has 2 aromatic carbocycles. The fraction of sp³-hybridized carbons (Fsp3) is 0.417. The largest absolute Gasteiger partial charge is 0.352 e. The van der Waals surface area contributed by atoms with E-state index < -0.39 is 6.04 Å². The van der Waals surface area contributed by atoms with Gasteiger partial charge in [0.2, 0.25) is 11.8 Å². The van der Waals surface area contributed by atoms with Gasteiger partial charge < -0.3 is 10.2 Å². The Hall–Kier alpha value is -1.69. The van der Waals surface area contributed by atoms with Crippen LogP contribution in [0.4, 0.5) is 0 Å². The maximum absolute atomic E-state index is 13.1. The highest BCUT2D eigenvalue weighted by molar-refractivity contribution is 7.99. The van der Waals surface area contributed by atoms with E-state index in [0.717, 1.165) is 23.1 Å². The predicted octanol–water partition coefficient (Wildman–Crippen LogP) is 5.87. The van der Waals surface area contributed by atoms with Gasteiger partial charge in [0.25, 0.3) is 0 Å². The molecule has 0 heterocycles. The van der Waals surface area contributed by atoms with Gasteiger partial charge in [-0.1, -0.05) is 66.0 Å². The Morgan fingerprint density at radius 2 is 1.81 bits per heavy atom. The molecule has 0 spiro atoms. The van der Waals surface area contributed by atoms with E-state index in [2.05, 4.69) is 5.32 Å². The summed E-state index contributed by atoms with van der Waals surface area (Å²) in [4.78, 5) is 27.5. The van der Waals surface area contributed by atoms with Gasteiger partial charge >= 0.3 is 0 Å². The van der Waals surface area contributed by atoms with Crippen LogP contribution in [0.3, 0.4) is 0 Å². The quantitative estimate of drug-likeness (QED) is 0.462. The summed E-state index contributed by atoms with van der Waals surface area (Å²) >= 11 is 13.5. The molecule has 168 valence electrons. The lowest BCUT2D eigenvalue weighted by atomic mass is 10.1. The van der Waals surface area contributed by atoms with Crippen LogP contribution in [0.15, 0.2) is 42.5 Å². The minimum absolute atomic E-state index is 0.0647. The highest BCUT2D eigenvalue weighted by Gasteiger charge is 2.26. The van der Waals surface area contributed by atoms with E-state index in [4.69, 9.17) is 23.2 Å². The lowest BCUT2D eigenvalue weighted by Crippen LogP contribution is -2.50. The molecular formula is C24H30Cl2N2O2S. The molecule has 7 heteroatoms. The van der Waals surface area contributed by atoms with Crippen LogP contribution < -0.4 is 5.32 Å². The molecule has 2 rings (SSSR count). The molecule has 0 bridgehead atoms. The van der Waals surface area contributed by atoms with Crippen molar-refractivity contribution in [3.63, 3.8) is 0 Å². The lowest BCUT2D eigenvalue weighted by molar-refractivity contribution is -0.138. The standard InChI is InChI=1S/C24H30Cl2N2O2S/c1-5-17(3)27-24(30)18(4)28(13-19-8-6-7-16(2)11-19)23(29)15-31-14-20-9-10-21(25)22(26)12-20/h6-12,17-18H,5,13-15H2,1-4H3,(H,27,30). The van der Waals surface area contributed by atoms with E-state index in [1.165, 1.54) is 11.8 Å². The van der Waals surface area contributed by atoms with Gasteiger partial charge in [-0.2, -0.15) is 0 Å². The zero-order chi connectivity index (χ0) is 23.0. The smallest absolute Gasteiger partial charge is 0.242 e. The van der Waals surface area contributed by atoms with Crippen molar-refractivity contribution < 1.29 is 9.59 Å². The first kappa shape index (κ1) is 25.6. The van der Waals surface area contributed by atoms with Crippen LogP contribution in [0.1, 0.15) is 43.9 Å². The molecule has 2 unspecified atom stereocenters. The Kier molecular flexibility index (Phi) is 10.2. The maximum Gasteiger partial charge on any atom is 0.242 e. The topological polar surface area (TPSA) is 49.4 Å². The van der Waals surface area contributed by atoms with E-state index in [0.29, 0.717) is 22.3 Å². The summed E-state index contributed by atoms with van der Waals surface area (Å²) in [7, 11) is 0. The van der Waals surface area contributed by atoms with Crippen molar-refractivity contribution in [2.24, 2.45) is 0 Å². The number of nitrogens with zero attached hydrogens (tertiary/aromatic N) is 1.